The van der Waals surface area contributed by atoms with E-state index in [1.807, 2.05) is 33.8 Å². The van der Waals surface area contributed by atoms with Crippen molar-refractivity contribution in [2.75, 3.05) is 0 Å². The van der Waals surface area contributed by atoms with E-state index in [9.17, 15) is 10.2 Å². The molecule has 0 spiro atoms. The highest BCUT2D eigenvalue weighted by Gasteiger charge is 2.25. The SMILES string of the molecule is CC(C)=C1C=C[C@H](O)[C@H](O)C1=C(C)C. The molecule has 0 fully saturated rings. The first kappa shape index (κ1) is 11.2. The lowest BCUT2D eigenvalue weighted by molar-refractivity contribution is 0.0716. The van der Waals surface area contributed by atoms with Gasteiger partial charge in [0, 0.05) is 0 Å². The fraction of sp³-hybridized carbons (Fsp3) is 0.500. The second-order valence-corrected chi connectivity index (χ2v) is 4.12. The highest BCUT2D eigenvalue weighted by atomic mass is 16.3. The number of aliphatic hydroxyl groups excluding tert-OH is 2. The van der Waals surface area contributed by atoms with Crippen LogP contribution >= 0.6 is 0 Å². The van der Waals surface area contributed by atoms with Crippen LogP contribution in [0.4, 0.5) is 0 Å². The fourth-order valence-corrected chi connectivity index (χ4v) is 1.72. The summed E-state index contributed by atoms with van der Waals surface area (Å²) in [5.41, 5.74) is 4.11. The summed E-state index contributed by atoms with van der Waals surface area (Å²) < 4.78 is 0. The number of aliphatic hydroxyl groups is 2. The van der Waals surface area contributed by atoms with Gasteiger partial charge in [0.2, 0.25) is 0 Å². The monoisotopic (exact) mass is 194 g/mol. The quantitative estimate of drug-likeness (QED) is 0.618. The van der Waals surface area contributed by atoms with Crippen LogP contribution in [0.5, 0.6) is 0 Å². The van der Waals surface area contributed by atoms with Crippen LogP contribution in [0, 0.1) is 0 Å². The molecule has 0 aromatic carbocycles. The minimum atomic E-state index is -0.783. The van der Waals surface area contributed by atoms with Gasteiger partial charge in [0.25, 0.3) is 0 Å². The topological polar surface area (TPSA) is 40.5 Å². The molecule has 1 aliphatic rings. The average molecular weight is 194 g/mol. The minimum absolute atomic E-state index is 0.775. The van der Waals surface area contributed by atoms with Gasteiger partial charge in [0.05, 0.1) is 0 Å². The third kappa shape index (κ3) is 1.97. The highest BCUT2D eigenvalue weighted by molar-refractivity contribution is 5.50. The second-order valence-electron chi connectivity index (χ2n) is 4.12. The maximum absolute atomic E-state index is 9.83. The van der Waals surface area contributed by atoms with Crippen LogP contribution in [0.15, 0.2) is 34.4 Å². The van der Waals surface area contributed by atoms with Crippen molar-refractivity contribution < 1.29 is 10.2 Å². The maximum Gasteiger partial charge on any atom is 0.109 e. The molecule has 0 amide bonds. The van der Waals surface area contributed by atoms with Crippen LogP contribution in [0.2, 0.25) is 0 Å². The van der Waals surface area contributed by atoms with Gasteiger partial charge < -0.3 is 10.2 Å². The third-order valence-electron chi connectivity index (χ3n) is 2.45. The molecule has 78 valence electrons. The number of allylic oxidation sites excluding steroid dienone is 3. The van der Waals surface area contributed by atoms with Gasteiger partial charge in [-0.15, -0.1) is 0 Å². The Kier molecular flexibility index (Phi) is 3.29. The van der Waals surface area contributed by atoms with Gasteiger partial charge in [-0.25, -0.2) is 0 Å². The Balaban J connectivity index is 3.30. The van der Waals surface area contributed by atoms with E-state index in [0.29, 0.717) is 0 Å². The van der Waals surface area contributed by atoms with E-state index in [1.165, 1.54) is 0 Å². The highest BCUT2D eigenvalue weighted by Crippen LogP contribution is 2.29. The third-order valence-corrected chi connectivity index (χ3v) is 2.45. The standard InChI is InChI=1S/C12H18O2/c1-7(2)9-5-6-10(13)12(14)11(9)8(3)4/h5-6,10,12-14H,1-4H3/t10-,12-/m0/s1. The van der Waals surface area contributed by atoms with Crippen LogP contribution in [0.25, 0.3) is 0 Å². The molecular weight excluding hydrogens is 176 g/mol. The number of rotatable bonds is 0. The zero-order valence-corrected chi connectivity index (χ0v) is 9.20. The minimum Gasteiger partial charge on any atom is -0.386 e. The molecule has 2 heteroatoms. The molecule has 0 aromatic heterocycles. The lowest BCUT2D eigenvalue weighted by Gasteiger charge is -2.26. The van der Waals surface area contributed by atoms with Crippen molar-refractivity contribution in [2.24, 2.45) is 0 Å². The molecule has 0 aromatic rings. The molecule has 0 radical (unpaired) electrons. The number of hydrogen-bond acceptors (Lipinski definition) is 2. The van der Waals surface area contributed by atoms with Crippen molar-refractivity contribution in [3.8, 4) is 0 Å². The van der Waals surface area contributed by atoms with Crippen molar-refractivity contribution in [1.29, 1.82) is 0 Å². The Morgan fingerprint density at radius 2 is 1.64 bits per heavy atom. The van der Waals surface area contributed by atoms with Crippen LogP contribution in [-0.4, -0.2) is 22.4 Å². The van der Waals surface area contributed by atoms with Crippen molar-refractivity contribution in [3.05, 3.63) is 34.4 Å². The fourth-order valence-electron chi connectivity index (χ4n) is 1.72. The number of hydrogen-bond donors (Lipinski definition) is 2. The zero-order chi connectivity index (χ0) is 10.9. The summed E-state index contributed by atoms with van der Waals surface area (Å²) in [5.74, 6) is 0. The molecule has 0 saturated carbocycles. The molecule has 0 saturated heterocycles. The summed E-state index contributed by atoms with van der Waals surface area (Å²) in [6, 6.07) is 0. The Labute approximate surface area is 85.3 Å². The lowest BCUT2D eigenvalue weighted by atomic mass is 9.86. The summed E-state index contributed by atoms with van der Waals surface area (Å²) >= 11 is 0. The first-order valence-electron chi connectivity index (χ1n) is 4.84. The van der Waals surface area contributed by atoms with Crippen molar-refractivity contribution >= 4 is 0 Å². The summed E-state index contributed by atoms with van der Waals surface area (Å²) in [6.45, 7) is 7.92. The van der Waals surface area contributed by atoms with Gasteiger partial charge in [-0.1, -0.05) is 23.3 Å². The smallest absolute Gasteiger partial charge is 0.109 e. The summed E-state index contributed by atoms with van der Waals surface area (Å²) in [4.78, 5) is 0. The molecule has 2 nitrogen and oxygen atoms in total. The molecule has 0 bridgehead atoms. The first-order valence-corrected chi connectivity index (χ1v) is 4.84. The van der Waals surface area contributed by atoms with Gasteiger partial charge in [0.15, 0.2) is 0 Å². The Morgan fingerprint density at radius 3 is 2.07 bits per heavy atom. The molecule has 1 aliphatic carbocycles. The van der Waals surface area contributed by atoms with Gasteiger partial charge in [-0.3, -0.25) is 0 Å². The normalized spacial score (nSPS) is 26.7. The average Bonchev–Trinajstić information content (AvgIpc) is 2.08. The lowest BCUT2D eigenvalue weighted by Crippen LogP contribution is -2.30. The van der Waals surface area contributed by atoms with E-state index >= 15 is 0 Å². The molecule has 1 rings (SSSR count). The van der Waals surface area contributed by atoms with Crippen LogP contribution in [0.1, 0.15) is 27.7 Å². The van der Waals surface area contributed by atoms with Crippen molar-refractivity contribution in [3.63, 3.8) is 0 Å². The van der Waals surface area contributed by atoms with Gasteiger partial charge in [-0.05, 0) is 38.8 Å². The molecule has 14 heavy (non-hydrogen) atoms. The summed E-state index contributed by atoms with van der Waals surface area (Å²) in [6.07, 6.45) is 1.96. The van der Waals surface area contributed by atoms with E-state index in [0.717, 1.165) is 22.3 Å². The zero-order valence-electron chi connectivity index (χ0n) is 9.20. The van der Waals surface area contributed by atoms with Gasteiger partial charge in [0.1, 0.15) is 12.2 Å². The summed E-state index contributed by atoms with van der Waals surface area (Å²) in [7, 11) is 0. The van der Waals surface area contributed by atoms with Crippen LogP contribution < -0.4 is 0 Å². The van der Waals surface area contributed by atoms with Gasteiger partial charge in [-0.2, -0.15) is 0 Å². The van der Waals surface area contributed by atoms with Crippen LogP contribution in [0.3, 0.4) is 0 Å². The van der Waals surface area contributed by atoms with E-state index in [2.05, 4.69) is 0 Å². The predicted molar refractivity (Wildman–Crippen MR) is 57.9 cm³/mol. The molecule has 2 atom stereocenters. The van der Waals surface area contributed by atoms with Crippen LogP contribution in [-0.2, 0) is 0 Å². The van der Waals surface area contributed by atoms with Crippen molar-refractivity contribution in [1.82, 2.24) is 0 Å². The molecular formula is C12H18O2. The van der Waals surface area contributed by atoms with E-state index in [-0.39, 0.29) is 0 Å². The molecule has 0 aliphatic heterocycles. The summed E-state index contributed by atoms with van der Waals surface area (Å²) in [5, 5.41) is 19.3. The van der Waals surface area contributed by atoms with Gasteiger partial charge >= 0.3 is 0 Å². The Hall–Kier alpha value is -0.860. The molecule has 2 N–H and O–H groups in total. The largest absolute Gasteiger partial charge is 0.386 e. The van der Waals surface area contributed by atoms with E-state index < -0.39 is 12.2 Å². The maximum atomic E-state index is 9.83. The molecule has 0 heterocycles. The van der Waals surface area contributed by atoms with E-state index in [4.69, 9.17) is 0 Å². The Morgan fingerprint density at radius 1 is 1.07 bits per heavy atom. The van der Waals surface area contributed by atoms with Crippen molar-refractivity contribution in [2.45, 2.75) is 39.9 Å². The second kappa shape index (κ2) is 4.11. The van der Waals surface area contributed by atoms with E-state index in [1.54, 1.807) is 6.08 Å². The first-order chi connectivity index (χ1) is 6.45. The predicted octanol–water partition coefficient (Wildman–Crippen LogP) is 1.95. The Bertz CT molecular complexity index is 313. The molecule has 0 unspecified atom stereocenters.